The molecule has 0 amide bonds. The number of hydrogen-bond donors (Lipinski definition) is 0. The van der Waals surface area contributed by atoms with Crippen LogP contribution in [0.3, 0.4) is 0 Å². The molecule has 0 N–H and O–H groups in total. The van der Waals surface area contributed by atoms with Gasteiger partial charge in [0.1, 0.15) is 0 Å². The van der Waals surface area contributed by atoms with Gasteiger partial charge in [0.2, 0.25) is 0 Å². The molecule has 0 aliphatic rings. The average molecular weight is 370 g/mol. The molecule has 0 unspecified atom stereocenters. The van der Waals surface area contributed by atoms with Crippen molar-refractivity contribution >= 4 is 17.9 Å². The number of unbranched alkanes of at least 4 members (excludes halogenated alkanes) is 3. The van der Waals surface area contributed by atoms with Crippen molar-refractivity contribution in [2.24, 2.45) is 0 Å². The Kier molecular flexibility index (Phi) is 19.3. The molecule has 26 heavy (non-hydrogen) atoms. The van der Waals surface area contributed by atoms with Gasteiger partial charge >= 0.3 is 17.9 Å². The molecule has 0 spiro atoms. The maximum atomic E-state index is 11.4. The van der Waals surface area contributed by atoms with E-state index in [4.69, 9.17) is 9.47 Å². The Labute approximate surface area is 157 Å². The Morgan fingerprint density at radius 2 is 1.27 bits per heavy atom. The summed E-state index contributed by atoms with van der Waals surface area (Å²) in [5.41, 5.74) is 0.155. The van der Waals surface area contributed by atoms with Crippen molar-refractivity contribution in [2.75, 3.05) is 19.8 Å². The van der Waals surface area contributed by atoms with Crippen molar-refractivity contribution in [1.82, 2.24) is 0 Å². The summed E-state index contributed by atoms with van der Waals surface area (Å²) >= 11 is 0. The zero-order chi connectivity index (χ0) is 20.2. The smallest absolute Gasteiger partial charge is 0.333 e. The fourth-order valence-corrected chi connectivity index (χ4v) is 1.42. The van der Waals surface area contributed by atoms with Crippen molar-refractivity contribution in [3.63, 3.8) is 0 Å². The first-order chi connectivity index (χ1) is 12.4. The van der Waals surface area contributed by atoms with E-state index in [-0.39, 0.29) is 18.0 Å². The molecule has 0 saturated carbocycles. The first-order valence-electron chi connectivity index (χ1n) is 9.22. The summed E-state index contributed by atoms with van der Waals surface area (Å²) in [6.45, 7) is 14.1. The summed E-state index contributed by atoms with van der Waals surface area (Å²) < 4.78 is 14.5. The van der Waals surface area contributed by atoms with Crippen LogP contribution in [0.5, 0.6) is 0 Å². The summed E-state index contributed by atoms with van der Waals surface area (Å²) in [7, 11) is 0. The summed E-state index contributed by atoms with van der Waals surface area (Å²) in [6, 6.07) is 0. The third-order valence-corrected chi connectivity index (χ3v) is 3.05. The van der Waals surface area contributed by atoms with E-state index in [0.29, 0.717) is 19.8 Å². The molecular weight excluding hydrogens is 336 g/mol. The first-order valence-corrected chi connectivity index (χ1v) is 9.22. The molecule has 0 rings (SSSR count). The fraction of sp³-hybridized carbons (Fsp3) is 0.650. The van der Waals surface area contributed by atoms with E-state index < -0.39 is 11.9 Å². The number of carbonyl (C=O) groups is 3. The zero-order valence-electron chi connectivity index (χ0n) is 16.5. The van der Waals surface area contributed by atoms with Crippen LogP contribution >= 0.6 is 0 Å². The molecule has 0 fully saturated rings. The fourth-order valence-electron chi connectivity index (χ4n) is 1.42. The molecule has 0 aliphatic heterocycles. The number of ether oxygens (including phenoxy) is 3. The largest absolute Gasteiger partial charge is 0.465 e. The molecule has 0 aromatic rings. The van der Waals surface area contributed by atoms with Crippen molar-refractivity contribution in [3.05, 3.63) is 24.8 Å². The summed E-state index contributed by atoms with van der Waals surface area (Å²) in [4.78, 5) is 33.0. The van der Waals surface area contributed by atoms with Gasteiger partial charge in [-0.25, -0.2) is 9.59 Å². The van der Waals surface area contributed by atoms with Crippen LogP contribution in [0.25, 0.3) is 0 Å². The van der Waals surface area contributed by atoms with Crippen LogP contribution in [0.1, 0.15) is 65.7 Å². The number of rotatable bonds is 13. The standard InChI is InChI=1S/C13H22O4.C7H12O2/c1-4-6-8-16-12(14)10-11(3)13(15)17-9-7-5-2;1-3-5-6-9-7(8)4-2/h3-10H2,1-2H3;4H,2-3,5-6H2,1H3. The van der Waals surface area contributed by atoms with Crippen LogP contribution in [-0.4, -0.2) is 37.7 Å². The van der Waals surface area contributed by atoms with Gasteiger partial charge in [-0.2, -0.15) is 0 Å². The molecule has 150 valence electrons. The number of esters is 3. The molecule has 0 atom stereocenters. The van der Waals surface area contributed by atoms with Gasteiger partial charge in [0.15, 0.2) is 0 Å². The highest BCUT2D eigenvalue weighted by molar-refractivity contribution is 5.93. The molecule has 0 aromatic carbocycles. The van der Waals surface area contributed by atoms with Gasteiger partial charge in [0.05, 0.1) is 26.2 Å². The Morgan fingerprint density at radius 1 is 0.808 bits per heavy atom. The SMILES string of the molecule is C=C(CC(=O)OCCCC)C(=O)OCCCC.C=CC(=O)OCCCC. The molecule has 0 aromatic heterocycles. The highest BCUT2D eigenvalue weighted by Crippen LogP contribution is 2.04. The highest BCUT2D eigenvalue weighted by atomic mass is 16.5. The first kappa shape index (κ1) is 26.1. The molecule has 0 heterocycles. The molecule has 0 radical (unpaired) electrons. The second-order valence-corrected chi connectivity index (χ2v) is 5.57. The Balaban J connectivity index is 0. The van der Waals surface area contributed by atoms with E-state index in [2.05, 4.69) is 17.9 Å². The molecule has 6 heteroatoms. The van der Waals surface area contributed by atoms with Crippen LogP contribution < -0.4 is 0 Å². The van der Waals surface area contributed by atoms with Crippen LogP contribution in [-0.2, 0) is 28.6 Å². The summed E-state index contributed by atoms with van der Waals surface area (Å²) in [6.07, 6.45) is 6.64. The highest BCUT2D eigenvalue weighted by Gasteiger charge is 2.13. The monoisotopic (exact) mass is 370 g/mol. The van der Waals surface area contributed by atoms with Crippen molar-refractivity contribution in [2.45, 2.75) is 65.7 Å². The van der Waals surface area contributed by atoms with Gasteiger partial charge in [-0.1, -0.05) is 53.2 Å². The van der Waals surface area contributed by atoms with Crippen LogP contribution in [0.2, 0.25) is 0 Å². The van der Waals surface area contributed by atoms with Crippen molar-refractivity contribution in [3.8, 4) is 0 Å². The van der Waals surface area contributed by atoms with E-state index in [1.165, 1.54) is 6.08 Å². The molecule has 0 aliphatic carbocycles. The Hall–Kier alpha value is -2.11. The Bertz CT molecular complexity index is 428. The van der Waals surface area contributed by atoms with E-state index in [1.807, 2.05) is 20.8 Å². The van der Waals surface area contributed by atoms with Gasteiger partial charge < -0.3 is 14.2 Å². The van der Waals surface area contributed by atoms with Crippen LogP contribution in [0.4, 0.5) is 0 Å². The van der Waals surface area contributed by atoms with Crippen LogP contribution in [0, 0.1) is 0 Å². The Morgan fingerprint density at radius 3 is 1.73 bits per heavy atom. The van der Waals surface area contributed by atoms with E-state index in [0.717, 1.165) is 38.5 Å². The lowest BCUT2D eigenvalue weighted by Crippen LogP contribution is -2.13. The van der Waals surface area contributed by atoms with Crippen molar-refractivity contribution in [1.29, 1.82) is 0 Å². The average Bonchev–Trinajstić information content (AvgIpc) is 2.62. The zero-order valence-corrected chi connectivity index (χ0v) is 16.5. The molecule has 0 saturated heterocycles. The quantitative estimate of drug-likeness (QED) is 0.210. The molecule has 6 nitrogen and oxygen atoms in total. The van der Waals surface area contributed by atoms with Gasteiger partial charge in [-0.3, -0.25) is 4.79 Å². The van der Waals surface area contributed by atoms with E-state index in [9.17, 15) is 14.4 Å². The number of carbonyl (C=O) groups excluding carboxylic acids is 3. The minimum Gasteiger partial charge on any atom is -0.465 e. The second-order valence-electron chi connectivity index (χ2n) is 5.57. The third kappa shape index (κ3) is 18.2. The van der Waals surface area contributed by atoms with Gasteiger partial charge in [-0.05, 0) is 19.3 Å². The number of hydrogen-bond acceptors (Lipinski definition) is 6. The predicted octanol–water partition coefficient (Wildman–Crippen LogP) is 4.14. The minimum absolute atomic E-state index is 0.0886. The third-order valence-electron chi connectivity index (χ3n) is 3.05. The minimum atomic E-state index is -0.508. The maximum Gasteiger partial charge on any atom is 0.333 e. The molecule has 0 bridgehead atoms. The summed E-state index contributed by atoms with van der Waals surface area (Å²) in [5.74, 6) is -1.26. The predicted molar refractivity (Wildman–Crippen MR) is 102 cm³/mol. The second kappa shape index (κ2) is 19.2. The lowest BCUT2D eigenvalue weighted by atomic mass is 10.2. The van der Waals surface area contributed by atoms with Crippen molar-refractivity contribution < 1.29 is 28.6 Å². The lowest BCUT2D eigenvalue weighted by Gasteiger charge is -2.07. The van der Waals surface area contributed by atoms with Gasteiger partial charge in [0, 0.05) is 11.6 Å². The topological polar surface area (TPSA) is 78.9 Å². The summed E-state index contributed by atoms with van der Waals surface area (Å²) in [5, 5.41) is 0. The van der Waals surface area contributed by atoms with E-state index in [1.54, 1.807) is 0 Å². The van der Waals surface area contributed by atoms with E-state index >= 15 is 0 Å². The van der Waals surface area contributed by atoms with Crippen LogP contribution in [0.15, 0.2) is 24.8 Å². The van der Waals surface area contributed by atoms with Gasteiger partial charge in [-0.15, -0.1) is 0 Å². The normalized spacial score (nSPS) is 9.35. The maximum absolute atomic E-state index is 11.4. The molecular formula is C20H34O6. The van der Waals surface area contributed by atoms with Gasteiger partial charge in [0.25, 0.3) is 0 Å². The lowest BCUT2D eigenvalue weighted by molar-refractivity contribution is -0.146.